The maximum Gasteiger partial charge on any atom is 0.337 e. The van der Waals surface area contributed by atoms with E-state index in [0.29, 0.717) is 17.9 Å². The van der Waals surface area contributed by atoms with Crippen molar-refractivity contribution in [2.45, 2.75) is 0 Å². The number of ether oxygens (including phenoxy) is 1. The van der Waals surface area contributed by atoms with Crippen molar-refractivity contribution in [3.05, 3.63) is 47.3 Å². The number of nitrogens with zero attached hydrogens (tertiary/aromatic N) is 3. The molecule has 0 atom stereocenters. The van der Waals surface area contributed by atoms with E-state index in [9.17, 15) is 4.79 Å². The van der Waals surface area contributed by atoms with Crippen LogP contribution in [0.1, 0.15) is 15.9 Å². The van der Waals surface area contributed by atoms with Crippen LogP contribution in [-0.4, -0.2) is 50.8 Å². The van der Waals surface area contributed by atoms with E-state index in [4.69, 9.17) is 4.74 Å². The van der Waals surface area contributed by atoms with Crippen LogP contribution in [0, 0.1) is 0 Å². The van der Waals surface area contributed by atoms with Crippen molar-refractivity contribution in [1.29, 1.82) is 0 Å². The first-order chi connectivity index (χ1) is 10.1. The van der Waals surface area contributed by atoms with Gasteiger partial charge in [-0.15, -0.1) is 0 Å². The Morgan fingerprint density at radius 3 is 2.90 bits per heavy atom. The van der Waals surface area contributed by atoms with Crippen molar-refractivity contribution in [2.75, 3.05) is 27.7 Å². The summed E-state index contributed by atoms with van der Waals surface area (Å²) in [5, 5.41) is 3.10. The second kappa shape index (κ2) is 6.69. The zero-order chi connectivity index (χ0) is 15.2. The smallest absolute Gasteiger partial charge is 0.337 e. The summed E-state index contributed by atoms with van der Waals surface area (Å²) in [7, 11) is 5.18. The molecule has 0 spiro atoms. The number of carbonyl (C=O) groups is 1. The van der Waals surface area contributed by atoms with E-state index in [1.54, 1.807) is 24.5 Å². The Kier molecular flexibility index (Phi) is 4.71. The standard InChI is InChI=1S/C15H18N4O2/c1-19(2)10-18-13-8-16-14(17-9-13)11-5-4-6-12(7-11)15(20)21-3/h4-8,10H,9H2,1-3H3,(H,16,17). The van der Waals surface area contributed by atoms with Crippen molar-refractivity contribution < 1.29 is 9.53 Å². The number of benzene rings is 1. The van der Waals surface area contributed by atoms with Gasteiger partial charge in [0.2, 0.25) is 0 Å². The summed E-state index contributed by atoms with van der Waals surface area (Å²) in [5.41, 5.74) is 2.18. The highest BCUT2D eigenvalue weighted by molar-refractivity contribution is 6.02. The van der Waals surface area contributed by atoms with E-state index in [1.165, 1.54) is 7.11 Å². The Bertz CT molecular complexity index is 618. The molecule has 21 heavy (non-hydrogen) atoms. The van der Waals surface area contributed by atoms with Gasteiger partial charge in [0.05, 0.1) is 31.3 Å². The minimum absolute atomic E-state index is 0.361. The predicted molar refractivity (Wildman–Crippen MR) is 82.6 cm³/mol. The summed E-state index contributed by atoms with van der Waals surface area (Å²) < 4.78 is 4.72. The fraction of sp³-hybridized carbons (Fsp3) is 0.267. The van der Waals surface area contributed by atoms with Gasteiger partial charge in [-0.2, -0.15) is 0 Å². The van der Waals surface area contributed by atoms with Gasteiger partial charge in [0.15, 0.2) is 0 Å². The van der Waals surface area contributed by atoms with Crippen LogP contribution in [0.15, 0.2) is 46.1 Å². The molecular formula is C15H18N4O2. The summed E-state index contributed by atoms with van der Waals surface area (Å²) in [6.45, 7) is 0.495. The molecule has 0 aromatic heterocycles. The number of esters is 1. The van der Waals surface area contributed by atoms with Crippen LogP contribution in [0.2, 0.25) is 0 Å². The second-order valence-corrected chi connectivity index (χ2v) is 4.73. The summed E-state index contributed by atoms with van der Waals surface area (Å²) >= 11 is 0. The quantitative estimate of drug-likeness (QED) is 0.514. The molecule has 0 amide bonds. The van der Waals surface area contributed by atoms with E-state index in [0.717, 1.165) is 11.3 Å². The zero-order valence-corrected chi connectivity index (χ0v) is 12.3. The van der Waals surface area contributed by atoms with Crippen LogP contribution in [0.3, 0.4) is 0 Å². The van der Waals surface area contributed by atoms with Crippen LogP contribution in [0.25, 0.3) is 0 Å². The third kappa shape index (κ3) is 3.92. The number of rotatable bonds is 4. The third-order valence-corrected chi connectivity index (χ3v) is 2.79. The fourth-order valence-electron chi connectivity index (χ4n) is 1.76. The predicted octanol–water partition coefficient (Wildman–Crippen LogP) is 1.25. The number of hydrogen-bond acceptors (Lipinski definition) is 5. The Hall–Kier alpha value is -2.63. The number of carbonyl (C=O) groups excluding carboxylic acids is 1. The molecule has 1 aliphatic heterocycles. The van der Waals surface area contributed by atoms with E-state index in [2.05, 4.69) is 15.3 Å². The Labute approximate surface area is 123 Å². The number of aliphatic imine (C=N–C) groups is 2. The van der Waals surface area contributed by atoms with Gasteiger partial charge < -0.3 is 15.0 Å². The highest BCUT2D eigenvalue weighted by Crippen LogP contribution is 2.10. The van der Waals surface area contributed by atoms with E-state index in [1.807, 2.05) is 31.3 Å². The Balaban J connectivity index is 2.10. The Morgan fingerprint density at radius 1 is 1.48 bits per heavy atom. The molecule has 2 rings (SSSR count). The van der Waals surface area contributed by atoms with Gasteiger partial charge in [-0.3, -0.25) is 4.99 Å². The molecule has 1 aromatic rings. The fourth-order valence-corrected chi connectivity index (χ4v) is 1.76. The lowest BCUT2D eigenvalue weighted by molar-refractivity contribution is 0.0600. The van der Waals surface area contributed by atoms with Gasteiger partial charge >= 0.3 is 5.97 Å². The van der Waals surface area contributed by atoms with Gasteiger partial charge in [0.25, 0.3) is 0 Å². The van der Waals surface area contributed by atoms with Gasteiger partial charge in [0, 0.05) is 25.9 Å². The van der Waals surface area contributed by atoms with Crippen molar-refractivity contribution >= 4 is 18.1 Å². The molecule has 0 aliphatic carbocycles. The van der Waals surface area contributed by atoms with Crippen LogP contribution in [-0.2, 0) is 4.74 Å². The first-order valence-corrected chi connectivity index (χ1v) is 6.49. The molecule has 1 heterocycles. The number of nitrogens with one attached hydrogen (secondary N) is 1. The first-order valence-electron chi connectivity index (χ1n) is 6.49. The number of amidine groups is 1. The average Bonchev–Trinajstić information content (AvgIpc) is 2.52. The lowest BCUT2D eigenvalue weighted by Gasteiger charge is -2.14. The first kappa shape index (κ1) is 14.8. The highest BCUT2D eigenvalue weighted by Gasteiger charge is 2.11. The molecule has 110 valence electrons. The average molecular weight is 286 g/mol. The minimum atomic E-state index is -0.361. The maximum atomic E-state index is 11.5. The largest absolute Gasteiger partial charge is 0.465 e. The minimum Gasteiger partial charge on any atom is -0.465 e. The zero-order valence-electron chi connectivity index (χ0n) is 12.3. The molecule has 1 N–H and O–H groups in total. The molecule has 0 saturated carbocycles. The highest BCUT2D eigenvalue weighted by atomic mass is 16.5. The van der Waals surface area contributed by atoms with Gasteiger partial charge in [-0.1, -0.05) is 12.1 Å². The normalized spacial score (nSPS) is 14.2. The summed E-state index contributed by atoms with van der Waals surface area (Å²) in [4.78, 5) is 22.1. The lowest BCUT2D eigenvalue weighted by atomic mass is 10.1. The summed E-state index contributed by atoms with van der Waals surface area (Å²) in [6, 6.07) is 7.15. The van der Waals surface area contributed by atoms with Crippen LogP contribution < -0.4 is 5.32 Å². The van der Waals surface area contributed by atoms with Crippen LogP contribution in [0.4, 0.5) is 0 Å². The van der Waals surface area contributed by atoms with E-state index < -0.39 is 0 Å². The molecule has 0 bridgehead atoms. The van der Waals surface area contributed by atoms with Crippen molar-refractivity contribution in [3.63, 3.8) is 0 Å². The molecule has 1 aromatic carbocycles. The van der Waals surface area contributed by atoms with Crippen molar-refractivity contribution in [1.82, 2.24) is 10.2 Å². The molecule has 0 saturated heterocycles. The van der Waals surface area contributed by atoms with Crippen molar-refractivity contribution in [3.8, 4) is 0 Å². The summed E-state index contributed by atoms with van der Waals surface area (Å²) in [5.74, 6) is 0.352. The lowest BCUT2D eigenvalue weighted by Crippen LogP contribution is -2.24. The topological polar surface area (TPSA) is 66.3 Å². The molecular weight excluding hydrogens is 268 g/mol. The third-order valence-electron chi connectivity index (χ3n) is 2.79. The monoisotopic (exact) mass is 286 g/mol. The van der Waals surface area contributed by atoms with Crippen molar-refractivity contribution in [2.24, 2.45) is 9.98 Å². The van der Waals surface area contributed by atoms with Gasteiger partial charge in [0.1, 0.15) is 5.84 Å². The summed E-state index contributed by atoms with van der Waals surface area (Å²) in [6.07, 6.45) is 3.54. The SMILES string of the molecule is COC(=O)c1cccc(C2=NCC(N=CN(C)C)=CN2)c1. The molecule has 6 heteroatoms. The van der Waals surface area contributed by atoms with Crippen LogP contribution >= 0.6 is 0 Å². The molecule has 6 nitrogen and oxygen atoms in total. The molecule has 0 unspecified atom stereocenters. The molecule has 0 fully saturated rings. The Morgan fingerprint density at radius 2 is 2.29 bits per heavy atom. The van der Waals surface area contributed by atoms with E-state index >= 15 is 0 Å². The van der Waals surface area contributed by atoms with Crippen LogP contribution in [0.5, 0.6) is 0 Å². The van der Waals surface area contributed by atoms with Gasteiger partial charge in [-0.05, 0) is 12.1 Å². The van der Waals surface area contributed by atoms with Gasteiger partial charge in [-0.25, -0.2) is 9.79 Å². The number of methoxy groups -OCH3 is 1. The maximum absolute atomic E-state index is 11.5. The molecule has 0 radical (unpaired) electrons. The number of hydrogen-bond donors (Lipinski definition) is 1. The van der Waals surface area contributed by atoms with E-state index in [-0.39, 0.29) is 5.97 Å². The second-order valence-electron chi connectivity index (χ2n) is 4.73. The molecule has 1 aliphatic rings.